The van der Waals surface area contributed by atoms with Crippen molar-refractivity contribution in [3.63, 3.8) is 0 Å². The van der Waals surface area contributed by atoms with Crippen molar-refractivity contribution in [3.8, 4) is 0 Å². The summed E-state index contributed by atoms with van der Waals surface area (Å²) in [5.41, 5.74) is 0.673. The number of hydrogen-bond donors (Lipinski definition) is 2. The maximum absolute atomic E-state index is 13.0. The van der Waals surface area contributed by atoms with E-state index in [0.29, 0.717) is 11.5 Å². The Labute approximate surface area is 116 Å². The van der Waals surface area contributed by atoms with Crippen molar-refractivity contribution >= 4 is 28.9 Å². The number of nitrogens with one attached hydrogen (secondary N) is 2. The average molecular weight is 281 g/mol. The van der Waals surface area contributed by atoms with E-state index in [9.17, 15) is 4.39 Å². The highest BCUT2D eigenvalue weighted by Crippen LogP contribution is 2.22. The molecule has 2 N–H and O–H groups in total. The van der Waals surface area contributed by atoms with Crippen LogP contribution in [-0.2, 0) is 0 Å². The summed E-state index contributed by atoms with van der Waals surface area (Å²) in [4.78, 5) is 8.20. The summed E-state index contributed by atoms with van der Waals surface area (Å²) < 4.78 is 13.0. The molecule has 1 aromatic carbocycles. The van der Waals surface area contributed by atoms with Crippen LogP contribution in [0.2, 0.25) is 5.02 Å². The highest BCUT2D eigenvalue weighted by Gasteiger charge is 2.03. The molecule has 100 valence electrons. The van der Waals surface area contributed by atoms with Crippen LogP contribution < -0.4 is 10.6 Å². The number of rotatable bonds is 5. The Bertz CT molecular complexity index is 562. The Hall–Kier alpha value is -1.88. The molecule has 0 aliphatic carbocycles. The predicted octanol–water partition coefficient (Wildman–Crippen LogP) is 3.83. The van der Waals surface area contributed by atoms with Gasteiger partial charge in [0.15, 0.2) is 0 Å². The lowest BCUT2D eigenvalue weighted by atomic mass is 10.3. The smallest absolute Gasteiger partial charge is 0.141 e. The third-order valence-corrected chi connectivity index (χ3v) is 2.70. The molecule has 0 radical (unpaired) electrons. The number of anilines is 3. The minimum absolute atomic E-state index is 0.0726. The van der Waals surface area contributed by atoms with E-state index in [1.807, 2.05) is 0 Å². The summed E-state index contributed by atoms with van der Waals surface area (Å²) in [7, 11) is 0. The van der Waals surface area contributed by atoms with Gasteiger partial charge in [-0.3, -0.25) is 0 Å². The van der Waals surface area contributed by atoms with Gasteiger partial charge in [0.1, 0.15) is 23.8 Å². The van der Waals surface area contributed by atoms with Crippen molar-refractivity contribution in [3.05, 3.63) is 41.4 Å². The van der Waals surface area contributed by atoms with Gasteiger partial charge in [-0.15, -0.1) is 0 Å². The molecule has 0 amide bonds. The number of hydrogen-bond acceptors (Lipinski definition) is 4. The first-order valence-electron chi connectivity index (χ1n) is 5.97. The predicted molar refractivity (Wildman–Crippen MR) is 75.5 cm³/mol. The summed E-state index contributed by atoms with van der Waals surface area (Å²) >= 11 is 5.72. The second-order valence-electron chi connectivity index (χ2n) is 3.97. The van der Waals surface area contributed by atoms with Gasteiger partial charge >= 0.3 is 0 Å². The largest absolute Gasteiger partial charge is 0.370 e. The molecule has 0 aliphatic rings. The van der Waals surface area contributed by atoms with E-state index in [1.54, 1.807) is 12.1 Å². The second kappa shape index (κ2) is 6.33. The molecule has 0 atom stereocenters. The molecule has 4 nitrogen and oxygen atoms in total. The Balaban J connectivity index is 2.11. The standard InChI is InChI=1S/C13H14ClFN4/c1-2-5-16-12-7-13(18-8-17-12)19-9-3-4-11(15)10(14)6-9/h3-4,6-8H,2,5H2,1H3,(H2,16,17,18,19). The summed E-state index contributed by atoms with van der Waals surface area (Å²) in [6.07, 6.45) is 2.48. The Kier molecular flexibility index (Phi) is 4.52. The van der Waals surface area contributed by atoms with Gasteiger partial charge in [-0.2, -0.15) is 0 Å². The van der Waals surface area contributed by atoms with Crippen LogP contribution in [0.15, 0.2) is 30.6 Å². The zero-order valence-corrected chi connectivity index (χ0v) is 11.2. The van der Waals surface area contributed by atoms with Gasteiger partial charge in [-0.1, -0.05) is 18.5 Å². The lowest BCUT2D eigenvalue weighted by Gasteiger charge is -2.08. The minimum Gasteiger partial charge on any atom is -0.370 e. The third kappa shape index (κ3) is 3.79. The molecule has 0 spiro atoms. The molecule has 19 heavy (non-hydrogen) atoms. The van der Waals surface area contributed by atoms with Gasteiger partial charge in [-0.05, 0) is 24.6 Å². The summed E-state index contributed by atoms with van der Waals surface area (Å²) in [5.74, 6) is 0.920. The molecule has 2 rings (SSSR count). The Morgan fingerprint density at radius 3 is 2.74 bits per heavy atom. The van der Waals surface area contributed by atoms with Crippen molar-refractivity contribution in [2.45, 2.75) is 13.3 Å². The van der Waals surface area contributed by atoms with E-state index in [1.165, 1.54) is 18.5 Å². The number of halogens is 2. The normalized spacial score (nSPS) is 10.3. The van der Waals surface area contributed by atoms with Gasteiger partial charge in [0.05, 0.1) is 5.02 Å². The van der Waals surface area contributed by atoms with Crippen LogP contribution in [0.3, 0.4) is 0 Å². The van der Waals surface area contributed by atoms with Crippen molar-refractivity contribution in [1.82, 2.24) is 9.97 Å². The van der Waals surface area contributed by atoms with Crippen LogP contribution in [0.1, 0.15) is 13.3 Å². The van der Waals surface area contributed by atoms with Crippen LogP contribution in [0.25, 0.3) is 0 Å². The molecule has 0 bridgehead atoms. The first kappa shape index (κ1) is 13.5. The molecule has 0 fully saturated rings. The number of benzene rings is 1. The van der Waals surface area contributed by atoms with E-state index in [0.717, 1.165) is 18.8 Å². The van der Waals surface area contributed by atoms with Crippen LogP contribution in [0, 0.1) is 5.82 Å². The van der Waals surface area contributed by atoms with Crippen LogP contribution in [0.4, 0.5) is 21.7 Å². The van der Waals surface area contributed by atoms with E-state index in [2.05, 4.69) is 27.5 Å². The van der Waals surface area contributed by atoms with Crippen molar-refractivity contribution in [1.29, 1.82) is 0 Å². The fraction of sp³-hybridized carbons (Fsp3) is 0.231. The minimum atomic E-state index is -0.444. The van der Waals surface area contributed by atoms with E-state index in [-0.39, 0.29) is 5.02 Å². The summed E-state index contributed by atoms with van der Waals surface area (Å²) in [5, 5.41) is 6.28. The van der Waals surface area contributed by atoms with Crippen LogP contribution >= 0.6 is 11.6 Å². The van der Waals surface area contributed by atoms with Gasteiger partial charge in [-0.25, -0.2) is 14.4 Å². The fourth-order valence-electron chi connectivity index (χ4n) is 1.50. The molecular formula is C13H14ClFN4. The SMILES string of the molecule is CCCNc1cc(Nc2ccc(F)c(Cl)c2)ncn1. The molecule has 0 unspecified atom stereocenters. The summed E-state index contributed by atoms with van der Waals surface area (Å²) in [6, 6.07) is 6.20. The molecule has 6 heteroatoms. The lowest BCUT2D eigenvalue weighted by Crippen LogP contribution is -2.03. The quantitative estimate of drug-likeness (QED) is 0.874. The maximum Gasteiger partial charge on any atom is 0.141 e. The third-order valence-electron chi connectivity index (χ3n) is 2.42. The molecule has 1 aromatic heterocycles. The van der Waals surface area contributed by atoms with Crippen molar-refractivity contribution in [2.24, 2.45) is 0 Å². The van der Waals surface area contributed by atoms with Gasteiger partial charge in [0, 0.05) is 18.3 Å². The molecule has 1 heterocycles. The monoisotopic (exact) mass is 280 g/mol. The van der Waals surface area contributed by atoms with Gasteiger partial charge < -0.3 is 10.6 Å². The van der Waals surface area contributed by atoms with Crippen molar-refractivity contribution < 1.29 is 4.39 Å². The fourth-order valence-corrected chi connectivity index (χ4v) is 1.68. The Morgan fingerprint density at radius 2 is 2.00 bits per heavy atom. The molecule has 0 aliphatic heterocycles. The zero-order chi connectivity index (χ0) is 13.7. The number of aromatic nitrogens is 2. The first-order chi connectivity index (χ1) is 9.19. The maximum atomic E-state index is 13.0. The van der Waals surface area contributed by atoms with E-state index in [4.69, 9.17) is 11.6 Å². The highest BCUT2D eigenvalue weighted by molar-refractivity contribution is 6.31. The highest BCUT2D eigenvalue weighted by atomic mass is 35.5. The topological polar surface area (TPSA) is 49.8 Å². The van der Waals surface area contributed by atoms with E-state index < -0.39 is 5.82 Å². The van der Waals surface area contributed by atoms with E-state index >= 15 is 0 Å². The molecule has 0 saturated carbocycles. The van der Waals surface area contributed by atoms with Gasteiger partial charge in [0.2, 0.25) is 0 Å². The average Bonchev–Trinajstić information content (AvgIpc) is 2.41. The Morgan fingerprint density at radius 1 is 1.21 bits per heavy atom. The lowest BCUT2D eigenvalue weighted by molar-refractivity contribution is 0.628. The van der Waals surface area contributed by atoms with Gasteiger partial charge in [0.25, 0.3) is 0 Å². The first-order valence-corrected chi connectivity index (χ1v) is 6.35. The van der Waals surface area contributed by atoms with Crippen LogP contribution in [-0.4, -0.2) is 16.5 Å². The van der Waals surface area contributed by atoms with Crippen LogP contribution in [0.5, 0.6) is 0 Å². The number of nitrogens with zero attached hydrogens (tertiary/aromatic N) is 2. The molecular weight excluding hydrogens is 267 g/mol. The summed E-state index contributed by atoms with van der Waals surface area (Å²) in [6.45, 7) is 2.92. The second-order valence-corrected chi connectivity index (χ2v) is 4.38. The molecule has 0 saturated heterocycles. The van der Waals surface area contributed by atoms with Crippen molar-refractivity contribution in [2.75, 3.05) is 17.2 Å². The zero-order valence-electron chi connectivity index (χ0n) is 10.5. The molecule has 2 aromatic rings.